The molecule has 2 aromatic rings. The molecule has 8 heteroatoms. The van der Waals surface area contributed by atoms with Crippen LogP contribution in [0, 0.1) is 0 Å². The van der Waals surface area contributed by atoms with Crippen LogP contribution in [0.5, 0.6) is 11.5 Å². The number of ether oxygens (including phenoxy) is 2. The van der Waals surface area contributed by atoms with Gasteiger partial charge in [-0.3, -0.25) is 4.79 Å². The van der Waals surface area contributed by atoms with Crippen molar-refractivity contribution in [1.29, 1.82) is 0 Å². The van der Waals surface area contributed by atoms with E-state index < -0.39 is 15.9 Å². The second-order valence-corrected chi connectivity index (χ2v) is 7.17. The van der Waals surface area contributed by atoms with Gasteiger partial charge in [0.25, 0.3) is 5.91 Å². The largest absolute Gasteiger partial charge is 0.496 e. The Balaban J connectivity index is 2.23. The van der Waals surface area contributed by atoms with Crippen LogP contribution in [0.1, 0.15) is 35.8 Å². The highest BCUT2D eigenvalue weighted by Gasteiger charge is 2.19. The molecule has 26 heavy (non-hydrogen) atoms. The average molecular weight is 378 g/mol. The molecule has 1 unspecified atom stereocenters. The van der Waals surface area contributed by atoms with Crippen molar-refractivity contribution in [2.75, 3.05) is 13.7 Å². The van der Waals surface area contributed by atoms with E-state index in [0.29, 0.717) is 6.61 Å². The van der Waals surface area contributed by atoms with Crippen molar-refractivity contribution in [3.8, 4) is 11.5 Å². The van der Waals surface area contributed by atoms with Crippen LogP contribution in [-0.2, 0) is 10.0 Å². The van der Waals surface area contributed by atoms with Gasteiger partial charge >= 0.3 is 0 Å². The molecule has 140 valence electrons. The molecule has 0 saturated carbocycles. The molecule has 0 aliphatic heterocycles. The molecule has 0 aromatic heterocycles. The Morgan fingerprint density at radius 3 is 2.38 bits per heavy atom. The van der Waals surface area contributed by atoms with Gasteiger partial charge < -0.3 is 14.8 Å². The molecule has 7 nitrogen and oxygen atoms in total. The van der Waals surface area contributed by atoms with Crippen LogP contribution in [0.4, 0.5) is 0 Å². The van der Waals surface area contributed by atoms with Gasteiger partial charge in [0.1, 0.15) is 11.5 Å². The first-order valence-electron chi connectivity index (χ1n) is 8.00. The maximum atomic E-state index is 12.6. The van der Waals surface area contributed by atoms with Crippen molar-refractivity contribution in [3.05, 3.63) is 53.6 Å². The molecule has 2 aromatic carbocycles. The molecule has 0 fully saturated rings. The number of sulfonamides is 1. The third-order valence-corrected chi connectivity index (χ3v) is 4.69. The number of carbonyl (C=O) groups excluding carboxylic acids is 1. The molecule has 0 bridgehead atoms. The van der Waals surface area contributed by atoms with E-state index >= 15 is 0 Å². The van der Waals surface area contributed by atoms with Crippen molar-refractivity contribution < 1.29 is 22.7 Å². The minimum Gasteiger partial charge on any atom is -0.496 e. The van der Waals surface area contributed by atoms with E-state index in [4.69, 9.17) is 14.6 Å². The number of methoxy groups -OCH3 is 1. The Bertz CT molecular complexity index is 879. The van der Waals surface area contributed by atoms with Crippen LogP contribution >= 0.6 is 0 Å². The Kier molecular flexibility index (Phi) is 6.23. The van der Waals surface area contributed by atoms with E-state index in [1.54, 1.807) is 0 Å². The number of primary sulfonamides is 1. The van der Waals surface area contributed by atoms with Crippen LogP contribution < -0.4 is 19.9 Å². The summed E-state index contributed by atoms with van der Waals surface area (Å²) in [6.07, 6.45) is 0. The predicted octanol–water partition coefficient (Wildman–Crippen LogP) is 2.23. The van der Waals surface area contributed by atoms with Gasteiger partial charge in [-0.25, -0.2) is 13.6 Å². The summed E-state index contributed by atoms with van der Waals surface area (Å²) in [5.41, 5.74) is 0.972. The van der Waals surface area contributed by atoms with Crippen molar-refractivity contribution >= 4 is 15.9 Å². The molecule has 1 amide bonds. The monoisotopic (exact) mass is 378 g/mol. The summed E-state index contributed by atoms with van der Waals surface area (Å²) >= 11 is 0. The molecular weight excluding hydrogens is 356 g/mol. The number of nitrogens with two attached hydrogens (primary N) is 1. The first-order chi connectivity index (χ1) is 12.3. The molecule has 0 saturated heterocycles. The summed E-state index contributed by atoms with van der Waals surface area (Å²) in [4.78, 5) is 12.4. The highest BCUT2D eigenvalue weighted by molar-refractivity contribution is 7.89. The van der Waals surface area contributed by atoms with Crippen molar-refractivity contribution in [3.63, 3.8) is 0 Å². The maximum Gasteiger partial charge on any atom is 0.255 e. The Hall–Kier alpha value is -2.58. The van der Waals surface area contributed by atoms with Gasteiger partial charge in [-0.2, -0.15) is 0 Å². The number of carbonyl (C=O) groups is 1. The normalized spacial score (nSPS) is 12.3. The van der Waals surface area contributed by atoms with Crippen molar-refractivity contribution in [1.82, 2.24) is 5.32 Å². The lowest BCUT2D eigenvalue weighted by atomic mass is 10.1. The summed E-state index contributed by atoms with van der Waals surface area (Å²) in [5, 5.41) is 7.96. The van der Waals surface area contributed by atoms with Crippen LogP contribution in [0.25, 0.3) is 0 Å². The van der Waals surface area contributed by atoms with Crippen LogP contribution in [0.15, 0.2) is 47.4 Å². The zero-order chi connectivity index (χ0) is 19.3. The summed E-state index contributed by atoms with van der Waals surface area (Å²) < 4.78 is 33.6. The van der Waals surface area contributed by atoms with Gasteiger partial charge in [-0.15, -0.1) is 0 Å². The molecule has 0 radical (unpaired) electrons. The zero-order valence-electron chi connectivity index (χ0n) is 14.9. The summed E-state index contributed by atoms with van der Waals surface area (Å²) in [6, 6.07) is 10.9. The highest BCUT2D eigenvalue weighted by atomic mass is 32.2. The molecule has 2 rings (SSSR count). The third-order valence-electron chi connectivity index (χ3n) is 3.78. The number of benzene rings is 2. The molecule has 0 aliphatic carbocycles. The van der Waals surface area contributed by atoms with E-state index in [9.17, 15) is 13.2 Å². The maximum absolute atomic E-state index is 12.6. The molecule has 3 N–H and O–H groups in total. The summed E-state index contributed by atoms with van der Waals surface area (Å²) in [6.45, 7) is 4.30. The SMILES string of the molecule is CCOc1ccc(C(C)NC(=O)c2cc(S(N)(=O)=O)ccc2OC)cc1. The average Bonchev–Trinajstić information content (AvgIpc) is 2.61. The van der Waals surface area contributed by atoms with Gasteiger partial charge in [0.2, 0.25) is 10.0 Å². The topological polar surface area (TPSA) is 108 Å². The van der Waals surface area contributed by atoms with E-state index in [1.165, 1.54) is 25.3 Å². The molecule has 0 heterocycles. The van der Waals surface area contributed by atoms with E-state index in [2.05, 4.69) is 5.32 Å². The molecular formula is C18H22N2O5S. The van der Waals surface area contributed by atoms with Gasteiger partial charge in [0.15, 0.2) is 0 Å². The van der Waals surface area contributed by atoms with E-state index in [-0.39, 0.29) is 22.3 Å². The molecule has 0 aliphatic rings. The number of nitrogens with one attached hydrogen (secondary N) is 1. The zero-order valence-corrected chi connectivity index (χ0v) is 15.7. The lowest BCUT2D eigenvalue weighted by molar-refractivity contribution is 0.0936. The summed E-state index contributed by atoms with van der Waals surface area (Å²) in [5.74, 6) is 0.542. The molecule has 1 atom stereocenters. The number of amides is 1. The van der Waals surface area contributed by atoms with E-state index in [1.807, 2.05) is 38.1 Å². The lowest BCUT2D eigenvalue weighted by Gasteiger charge is -2.16. The van der Waals surface area contributed by atoms with E-state index in [0.717, 1.165) is 11.3 Å². The first kappa shape index (κ1) is 19.7. The van der Waals surface area contributed by atoms with Crippen LogP contribution in [0.2, 0.25) is 0 Å². The van der Waals surface area contributed by atoms with Gasteiger partial charge in [0, 0.05) is 0 Å². The van der Waals surface area contributed by atoms with Gasteiger partial charge in [-0.05, 0) is 49.7 Å². The molecule has 0 spiro atoms. The Morgan fingerprint density at radius 1 is 1.19 bits per heavy atom. The van der Waals surface area contributed by atoms with Crippen LogP contribution in [0.3, 0.4) is 0 Å². The minimum atomic E-state index is -3.92. The number of hydrogen-bond donors (Lipinski definition) is 2. The fourth-order valence-electron chi connectivity index (χ4n) is 2.42. The summed E-state index contributed by atoms with van der Waals surface area (Å²) in [7, 11) is -2.52. The Morgan fingerprint density at radius 2 is 1.85 bits per heavy atom. The first-order valence-corrected chi connectivity index (χ1v) is 9.55. The van der Waals surface area contributed by atoms with Gasteiger partial charge in [0.05, 0.1) is 30.2 Å². The quantitative estimate of drug-likeness (QED) is 0.768. The Labute approximate surface area is 153 Å². The lowest BCUT2D eigenvalue weighted by Crippen LogP contribution is -2.27. The standard InChI is InChI=1S/C18H22N2O5S/c1-4-25-14-7-5-13(6-8-14)12(2)20-18(21)16-11-15(26(19,22)23)9-10-17(16)24-3/h5-12H,4H2,1-3H3,(H,20,21)(H2,19,22,23). The van der Waals surface area contributed by atoms with Crippen molar-refractivity contribution in [2.24, 2.45) is 5.14 Å². The van der Waals surface area contributed by atoms with Crippen molar-refractivity contribution in [2.45, 2.75) is 24.8 Å². The minimum absolute atomic E-state index is 0.0943. The second kappa shape index (κ2) is 8.20. The predicted molar refractivity (Wildman–Crippen MR) is 97.9 cm³/mol. The highest BCUT2D eigenvalue weighted by Crippen LogP contribution is 2.23. The smallest absolute Gasteiger partial charge is 0.255 e. The second-order valence-electron chi connectivity index (χ2n) is 5.60. The fraction of sp³-hybridized carbons (Fsp3) is 0.278. The number of rotatable bonds is 7. The number of hydrogen-bond acceptors (Lipinski definition) is 5. The van der Waals surface area contributed by atoms with Gasteiger partial charge in [-0.1, -0.05) is 12.1 Å². The van der Waals surface area contributed by atoms with Crippen LogP contribution in [-0.4, -0.2) is 28.0 Å². The fourth-order valence-corrected chi connectivity index (χ4v) is 2.96. The third kappa shape index (κ3) is 4.74.